The van der Waals surface area contributed by atoms with Crippen LogP contribution in [0.4, 0.5) is 0 Å². The lowest BCUT2D eigenvalue weighted by molar-refractivity contribution is -0.122. The first-order valence-corrected chi connectivity index (χ1v) is 8.44. The molecule has 7 nitrogen and oxygen atoms in total. The van der Waals surface area contributed by atoms with E-state index in [-0.39, 0.29) is 6.54 Å². The smallest absolute Gasteiger partial charge is 0.279 e. The van der Waals surface area contributed by atoms with Crippen LogP contribution in [0.1, 0.15) is 9.67 Å². The third-order valence-electron chi connectivity index (χ3n) is 3.17. The number of rotatable bonds is 3. The summed E-state index contributed by atoms with van der Waals surface area (Å²) < 4.78 is 2.11. The van der Waals surface area contributed by atoms with E-state index in [0.29, 0.717) is 15.9 Å². The van der Waals surface area contributed by atoms with Crippen molar-refractivity contribution in [3.8, 4) is 0 Å². The van der Waals surface area contributed by atoms with Crippen molar-refractivity contribution < 1.29 is 9.59 Å². The van der Waals surface area contributed by atoms with E-state index >= 15 is 0 Å². The standard InChI is InChI=1S/C15H11BrN4O3S/c16-12-6-5-11(24-12)15(23)19-18-13(21)8-20-10-4-2-1-3-9(10)17-7-14(20)22/h1-7H,8H2,(H,18,21)(H,19,23). The molecule has 0 bridgehead atoms. The normalized spacial score (nSPS) is 10.5. The average molecular weight is 407 g/mol. The summed E-state index contributed by atoms with van der Waals surface area (Å²) >= 11 is 4.51. The van der Waals surface area contributed by atoms with Gasteiger partial charge in [0.05, 0.1) is 25.9 Å². The lowest BCUT2D eigenvalue weighted by Gasteiger charge is -2.10. The van der Waals surface area contributed by atoms with Crippen molar-refractivity contribution in [3.05, 3.63) is 61.6 Å². The van der Waals surface area contributed by atoms with Crippen LogP contribution < -0.4 is 16.4 Å². The van der Waals surface area contributed by atoms with E-state index < -0.39 is 17.4 Å². The molecule has 0 aliphatic carbocycles. The van der Waals surface area contributed by atoms with Crippen LogP contribution in [0.25, 0.3) is 11.0 Å². The highest BCUT2D eigenvalue weighted by Gasteiger charge is 2.12. The van der Waals surface area contributed by atoms with Gasteiger partial charge in [0.1, 0.15) is 6.54 Å². The first-order chi connectivity index (χ1) is 11.5. The molecule has 0 aliphatic rings. The fourth-order valence-corrected chi connectivity index (χ4v) is 3.37. The van der Waals surface area contributed by atoms with Crippen LogP contribution in [0.2, 0.25) is 0 Å². The van der Waals surface area contributed by atoms with E-state index in [0.717, 1.165) is 9.98 Å². The Bertz CT molecular complexity index is 982. The molecule has 0 aliphatic heterocycles. The summed E-state index contributed by atoms with van der Waals surface area (Å²) in [6, 6.07) is 10.4. The van der Waals surface area contributed by atoms with E-state index in [4.69, 9.17) is 0 Å². The molecule has 0 fully saturated rings. The summed E-state index contributed by atoms with van der Waals surface area (Å²) in [5.74, 6) is -0.941. The van der Waals surface area contributed by atoms with Gasteiger partial charge in [-0.15, -0.1) is 11.3 Å². The monoisotopic (exact) mass is 406 g/mol. The number of nitrogens with zero attached hydrogens (tertiary/aromatic N) is 2. The van der Waals surface area contributed by atoms with E-state index in [2.05, 4.69) is 31.8 Å². The third kappa shape index (κ3) is 3.52. The minimum absolute atomic E-state index is 0.226. The van der Waals surface area contributed by atoms with Crippen LogP contribution in [0.15, 0.2) is 51.2 Å². The van der Waals surface area contributed by atoms with E-state index in [1.165, 1.54) is 15.9 Å². The summed E-state index contributed by atoms with van der Waals surface area (Å²) in [7, 11) is 0. The molecule has 3 rings (SSSR count). The highest BCUT2D eigenvalue weighted by molar-refractivity contribution is 9.11. The second-order valence-corrected chi connectivity index (χ2v) is 7.24. The Morgan fingerprint density at radius 3 is 2.71 bits per heavy atom. The fourth-order valence-electron chi connectivity index (χ4n) is 2.09. The molecule has 24 heavy (non-hydrogen) atoms. The van der Waals surface area contributed by atoms with Gasteiger partial charge in [-0.3, -0.25) is 29.8 Å². The molecule has 0 atom stereocenters. The number of benzene rings is 1. The number of hydrogen-bond acceptors (Lipinski definition) is 5. The van der Waals surface area contributed by atoms with Crippen molar-refractivity contribution >= 4 is 50.1 Å². The molecule has 3 aromatic rings. The Morgan fingerprint density at radius 1 is 1.17 bits per heavy atom. The number of hydrogen-bond donors (Lipinski definition) is 2. The largest absolute Gasteiger partial charge is 0.296 e. The lowest BCUT2D eigenvalue weighted by atomic mass is 10.3. The number of nitrogens with one attached hydrogen (secondary N) is 2. The van der Waals surface area contributed by atoms with Gasteiger partial charge < -0.3 is 0 Å². The van der Waals surface area contributed by atoms with Gasteiger partial charge in [0, 0.05) is 0 Å². The topological polar surface area (TPSA) is 93.1 Å². The molecule has 2 N–H and O–H groups in total. The van der Waals surface area contributed by atoms with Crippen LogP contribution >= 0.6 is 27.3 Å². The van der Waals surface area contributed by atoms with Crippen molar-refractivity contribution in [2.45, 2.75) is 6.54 Å². The minimum Gasteiger partial charge on any atom is -0.296 e. The van der Waals surface area contributed by atoms with E-state index in [1.54, 1.807) is 36.4 Å². The van der Waals surface area contributed by atoms with Crippen molar-refractivity contribution in [1.29, 1.82) is 0 Å². The number of carbonyl (C=O) groups excluding carboxylic acids is 2. The molecule has 0 saturated heterocycles. The van der Waals surface area contributed by atoms with E-state index in [1.807, 2.05) is 0 Å². The summed E-state index contributed by atoms with van der Waals surface area (Å²) in [6.07, 6.45) is 1.16. The highest BCUT2D eigenvalue weighted by atomic mass is 79.9. The SMILES string of the molecule is O=C(Cn1c(=O)cnc2ccccc21)NNC(=O)c1ccc(Br)s1. The van der Waals surface area contributed by atoms with Crippen molar-refractivity contribution in [3.63, 3.8) is 0 Å². The highest BCUT2D eigenvalue weighted by Crippen LogP contribution is 2.21. The van der Waals surface area contributed by atoms with Gasteiger partial charge in [0.2, 0.25) is 0 Å². The number of thiophene rings is 1. The molecule has 0 unspecified atom stereocenters. The molecular weight excluding hydrogens is 396 g/mol. The zero-order chi connectivity index (χ0) is 17.1. The van der Waals surface area contributed by atoms with Crippen LogP contribution in [0.3, 0.4) is 0 Å². The molecule has 2 amide bonds. The number of hydrazine groups is 1. The van der Waals surface area contributed by atoms with Gasteiger partial charge in [0.15, 0.2) is 0 Å². The van der Waals surface area contributed by atoms with Crippen molar-refractivity contribution in [2.75, 3.05) is 0 Å². The predicted octanol–water partition coefficient (Wildman–Crippen LogP) is 1.68. The molecule has 122 valence electrons. The first kappa shape index (κ1) is 16.3. The molecule has 1 aromatic carbocycles. The summed E-state index contributed by atoms with van der Waals surface area (Å²) in [5, 5.41) is 0. The molecule has 0 radical (unpaired) electrons. The maximum Gasteiger partial charge on any atom is 0.279 e. The number of halogens is 1. The maximum atomic E-state index is 12.0. The predicted molar refractivity (Wildman–Crippen MR) is 93.6 cm³/mol. The molecular formula is C15H11BrN4O3S. The van der Waals surface area contributed by atoms with Gasteiger partial charge in [-0.05, 0) is 40.2 Å². The number of para-hydroxylation sites is 2. The van der Waals surface area contributed by atoms with Crippen molar-refractivity contribution in [1.82, 2.24) is 20.4 Å². The average Bonchev–Trinajstić information content (AvgIpc) is 3.02. The third-order valence-corrected chi connectivity index (χ3v) is 4.79. The van der Waals surface area contributed by atoms with Gasteiger partial charge in [-0.25, -0.2) is 4.98 Å². The number of fused-ring (bicyclic) bond motifs is 1. The van der Waals surface area contributed by atoms with Crippen LogP contribution in [0.5, 0.6) is 0 Å². The second-order valence-electron chi connectivity index (χ2n) is 4.78. The summed E-state index contributed by atoms with van der Waals surface area (Å²) in [4.78, 5) is 40.4. The van der Waals surface area contributed by atoms with Crippen LogP contribution in [-0.4, -0.2) is 21.4 Å². The zero-order valence-electron chi connectivity index (χ0n) is 12.2. The maximum absolute atomic E-state index is 12.0. The fraction of sp³-hybridized carbons (Fsp3) is 0.0667. The second kappa shape index (κ2) is 6.93. The first-order valence-electron chi connectivity index (χ1n) is 6.84. The van der Waals surface area contributed by atoms with Gasteiger partial charge in [0.25, 0.3) is 17.4 Å². The molecule has 2 aromatic heterocycles. The Balaban J connectivity index is 1.70. The molecule has 0 spiro atoms. The van der Waals surface area contributed by atoms with Gasteiger partial charge in [-0.2, -0.15) is 0 Å². The molecule has 0 saturated carbocycles. The number of carbonyl (C=O) groups is 2. The minimum atomic E-state index is -0.516. The van der Waals surface area contributed by atoms with Crippen molar-refractivity contribution in [2.24, 2.45) is 0 Å². The number of aromatic nitrogens is 2. The lowest BCUT2D eigenvalue weighted by Crippen LogP contribution is -2.44. The Kier molecular flexibility index (Phi) is 4.72. The van der Waals surface area contributed by atoms with E-state index in [9.17, 15) is 14.4 Å². The van der Waals surface area contributed by atoms with Gasteiger partial charge >= 0.3 is 0 Å². The molecule has 2 heterocycles. The van der Waals surface area contributed by atoms with Gasteiger partial charge in [-0.1, -0.05) is 12.1 Å². The summed E-state index contributed by atoms with van der Waals surface area (Å²) in [5.41, 5.74) is 5.39. The zero-order valence-corrected chi connectivity index (χ0v) is 14.6. The van der Waals surface area contributed by atoms with Crippen LogP contribution in [-0.2, 0) is 11.3 Å². The Morgan fingerprint density at radius 2 is 1.96 bits per heavy atom. The quantitative estimate of drug-likeness (QED) is 0.647. The summed E-state index contributed by atoms with van der Waals surface area (Å²) in [6.45, 7) is -0.226. The molecule has 9 heteroatoms. The number of amides is 2. The Hall–Kier alpha value is -2.52. The van der Waals surface area contributed by atoms with Crippen LogP contribution in [0, 0.1) is 0 Å². The Labute approximate surface area is 148 Å².